The van der Waals surface area contributed by atoms with Gasteiger partial charge in [-0.1, -0.05) is 18.2 Å². The number of anilines is 1. The first-order chi connectivity index (χ1) is 14.8. The van der Waals surface area contributed by atoms with Crippen molar-refractivity contribution in [3.05, 3.63) is 64.2 Å². The average molecular weight is 419 g/mol. The fraction of sp³-hybridized carbons (Fsp3) is 0.400. The number of hydrogen-bond donors (Lipinski definition) is 2. The van der Waals surface area contributed by atoms with E-state index in [0.29, 0.717) is 35.8 Å². The first kappa shape index (κ1) is 22.4. The zero-order chi connectivity index (χ0) is 22.5. The fourth-order valence-corrected chi connectivity index (χ4v) is 4.05. The second kappa shape index (κ2) is 9.65. The summed E-state index contributed by atoms with van der Waals surface area (Å²) >= 11 is 0. The Morgan fingerprint density at radius 1 is 1.06 bits per heavy atom. The van der Waals surface area contributed by atoms with Crippen LogP contribution in [0.3, 0.4) is 0 Å². The van der Waals surface area contributed by atoms with Crippen LogP contribution in [0, 0.1) is 25.2 Å². The minimum absolute atomic E-state index is 0.00287. The van der Waals surface area contributed by atoms with Crippen molar-refractivity contribution in [3.8, 4) is 6.07 Å². The van der Waals surface area contributed by atoms with Crippen molar-refractivity contribution in [2.75, 3.05) is 18.4 Å². The molecule has 0 aromatic heterocycles. The Kier molecular flexibility index (Phi) is 6.96. The summed E-state index contributed by atoms with van der Waals surface area (Å²) in [6, 6.07) is 13.4. The quantitative estimate of drug-likeness (QED) is 0.753. The van der Waals surface area contributed by atoms with Gasteiger partial charge >= 0.3 is 6.03 Å². The van der Waals surface area contributed by atoms with E-state index in [1.54, 1.807) is 6.07 Å². The Labute approximate surface area is 184 Å². The molecule has 2 aromatic carbocycles. The highest BCUT2D eigenvalue weighted by Crippen LogP contribution is 2.30. The molecule has 1 fully saturated rings. The molecule has 0 bridgehead atoms. The van der Waals surface area contributed by atoms with Crippen molar-refractivity contribution in [1.29, 1.82) is 5.26 Å². The van der Waals surface area contributed by atoms with Crippen LogP contribution in [0.25, 0.3) is 0 Å². The van der Waals surface area contributed by atoms with E-state index in [1.165, 1.54) is 5.56 Å². The van der Waals surface area contributed by atoms with Crippen LogP contribution in [-0.4, -0.2) is 36.0 Å². The zero-order valence-corrected chi connectivity index (χ0v) is 18.7. The van der Waals surface area contributed by atoms with Crippen molar-refractivity contribution in [3.63, 3.8) is 0 Å². The molecule has 0 atom stereocenters. The molecule has 0 aliphatic carbocycles. The lowest BCUT2D eigenvalue weighted by atomic mass is 9.88. The molecule has 162 valence electrons. The maximum atomic E-state index is 13.2. The predicted octanol–water partition coefficient (Wildman–Crippen LogP) is 4.72. The van der Waals surface area contributed by atoms with E-state index >= 15 is 0 Å². The molecule has 0 radical (unpaired) electrons. The average Bonchev–Trinajstić information content (AvgIpc) is 2.75. The number of nitrogens with one attached hydrogen (secondary N) is 2. The molecular weight excluding hydrogens is 388 g/mol. The molecule has 3 amide bonds. The van der Waals surface area contributed by atoms with Crippen LogP contribution in [-0.2, 0) is 0 Å². The number of carbonyl (C=O) groups is 2. The molecule has 1 saturated heterocycles. The molecule has 3 rings (SSSR count). The Morgan fingerprint density at radius 3 is 2.29 bits per heavy atom. The lowest BCUT2D eigenvalue weighted by molar-refractivity contribution is 0.0712. The van der Waals surface area contributed by atoms with Gasteiger partial charge in [0.2, 0.25) is 0 Å². The Balaban J connectivity index is 1.69. The van der Waals surface area contributed by atoms with Gasteiger partial charge in [-0.05, 0) is 81.3 Å². The molecule has 0 saturated carbocycles. The third kappa shape index (κ3) is 5.43. The number of nitrogens with zero attached hydrogens (tertiary/aromatic N) is 2. The topological polar surface area (TPSA) is 85.2 Å². The predicted molar refractivity (Wildman–Crippen MR) is 122 cm³/mol. The first-order valence-electron chi connectivity index (χ1n) is 10.8. The zero-order valence-electron chi connectivity index (χ0n) is 18.7. The number of piperidine rings is 1. The number of aryl methyl sites for hydroxylation is 2. The summed E-state index contributed by atoms with van der Waals surface area (Å²) in [5, 5.41) is 14.6. The van der Waals surface area contributed by atoms with E-state index in [-0.39, 0.29) is 18.0 Å². The second-order valence-electron chi connectivity index (χ2n) is 8.54. The van der Waals surface area contributed by atoms with Crippen molar-refractivity contribution < 1.29 is 9.59 Å². The summed E-state index contributed by atoms with van der Waals surface area (Å²) in [4.78, 5) is 27.3. The summed E-state index contributed by atoms with van der Waals surface area (Å²) in [5.74, 6) is 0.399. The van der Waals surface area contributed by atoms with Gasteiger partial charge in [0.25, 0.3) is 5.91 Å². The van der Waals surface area contributed by atoms with Crippen LogP contribution >= 0.6 is 0 Å². The Morgan fingerprint density at radius 2 is 1.71 bits per heavy atom. The van der Waals surface area contributed by atoms with Crippen LogP contribution in [0.2, 0.25) is 0 Å². The van der Waals surface area contributed by atoms with Crippen molar-refractivity contribution in [2.45, 2.75) is 52.5 Å². The largest absolute Gasteiger partial charge is 0.339 e. The highest BCUT2D eigenvalue weighted by atomic mass is 16.2. The lowest BCUT2D eigenvalue weighted by Gasteiger charge is -2.33. The number of nitriles is 1. The number of benzene rings is 2. The summed E-state index contributed by atoms with van der Waals surface area (Å²) in [5.41, 5.74) is 5.00. The molecule has 2 aromatic rings. The van der Waals surface area contributed by atoms with Gasteiger partial charge in [-0.15, -0.1) is 0 Å². The minimum Gasteiger partial charge on any atom is -0.339 e. The van der Waals surface area contributed by atoms with Crippen molar-refractivity contribution >= 4 is 17.6 Å². The Bertz CT molecular complexity index is 997. The van der Waals surface area contributed by atoms with Gasteiger partial charge in [0.15, 0.2) is 0 Å². The maximum Gasteiger partial charge on any atom is 0.319 e. The molecule has 2 N–H and O–H groups in total. The number of hydrogen-bond acceptors (Lipinski definition) is 3. The molecule has 6 nitrogen and oxygen atoms in total. The maximum absolute atomic E-state index is 13.2. The van der Waals surface area contributed by atoms with Gasteiger partial charge in [0.1, 0.15) is 0 Å². The van der Waals surface area contributed by atoms with Crippen LogP contribution in [0.15, 0.2) is 36.4 Å². The van der Waals surface area contributed by atoms with Gasteiger partial charge in [-0.3, -0.25) is 4.79 Å². The van der Waals surface area contributed by atoms with Crippen LogP contribution in [0.1, 0.15) is 65.2 Å². The molecule has 0 spiro atoms. The molecule has 1 aliphatic heterocycles. The summed E-state index contributed by atoms with van der Waals surface area (Å²) < 4.78 is 0. The number of urea groups is 1. The standard InChI is InChI=1S/C25H30N4O2/c1-16(2)27-25(31)28-23-14-22(17(3)13-18(23)4)24(30)29-11-9-21(10-12-29)20-7-5-19(15-26)6-8-20/h5-8,13-14,16,21H,9-12H2,1-4H3,(H2,27,28,31). The normalized spacial score (nSPS) is 14.3. The highest BCUT2D eigenvalue weighted by Gasteiger charge is 2.26. The van der Waals surface area contributed by atoms with Crippen molar-refractivity contribution in [2.24, 2.45) is 0 Å². The highest BCUT2D eigenvalue weighted by molar-refractivity contribution is 5.98. The molecule has 6 heteroatoms. The molecule has 1 heterocycles. The van der Waals surface area contributed by atoms with E-state index in [2.05, 4.69) is 16.7 Å². The van der Waals surface area contributed by atoms with E-state index in [1.807, 2.05) is 62.9 Å². The third-order valence-electron chi connectivity index (χ3n) is 5.76. The number of rotatable bonds is 4. The molecule has 31 heavy (non-hydrogen) atoms. The van der Waals surface area contributed by atoms with E-state index < -0.39 is 0 Å². The van der Waals surface area contributed by atoms with Crippen LogP contribution in [0.4, 0.5) is 10.5 Å². The fourth-order valence-electron chi connectivity index (χ4n) is 4.05. The summed E-state index contributed by atoms with van der Waals surface area (Å²) in [6.07, 6.45) is 1.79. The van der Waals surface area contributed by atoms with E-state index in [0.717, 1.165) is 24.0 Å². The monoisotopic (exact) mass is 418 g/mol. The van der Waals surface area contributed by atoms with Gasteiger partial charge in [0, 0.05) is 30.4 Å². The van der Waals surface area contributed by atoms with Gasteiger partial charge in [-0.25, -0.2) is 4.79 Å². The van der Waals surface area contributed by atoms with Gasteiger partial charge < -0.3 is 15.5 Å². The van der Waals surface area contributed by atoms with Crippen molar-refractivity contribution in [1.82, 2.24) is 10.2 Å². The first-order valence-corrected chi connectivity index (χ1v) is 10.8. The number of carbonyl (C=O) groups excluding carboxylic acids is 2. The Hall–Kier alpha value is -3.33. The smallest absolute Gasteiger partial charge is 0.319 e. The van der Waals surface area contributed by atoms with Gasteiger partial charge in [0.05, 0.1) is 11.6 Å². The molecule has 1 aliphatic rings. The van der Waals surface area contributed by atoms with E-state index in [9.17, 15) is 9.59 Å². The third-order valence-corrected chi connectivity index (χ3v) is 5.76. The lowest BCUT2D eigenvalue weighted by Crippen LogP contribution is -2.38. The number of likely N-dealkylation sites (tertiary alicyclic amines) is 1. The van der Waals surface area contributed by atoms with E-state index in [4.69, 9.17) is 5.26 Å². The SMILES string of the molecule is Cc1cc(C)c(C(=O)N2CCC(c3ccc(C#N)cc3)CC2)cc1NC(=O)NC(C)C. The second-order valence-corrected chi connectivity index (χ2v) is 8.54. The summed E-state index contributed by atoms with van der Waals surface area (Å²) in [7, 11) is 0. The molecular formula is C25H30N4O2. The summed E-state index contributed by atoms with van der Waals surface area (Å²) in [6.45, 7) is 9.04. The van der Waals surface area contributed by atoms with Crippen LogP contribution < -0.4 is 10.6 Å². The molecule has 0 unspecified atom stereocenters. The van der Waals surface area contributed by atoms with Crippen LogP contribution in [0.5, 0.6) is 0 Å². The number of amides is 3. The van der Waals surface area contributed by atoms with Gasteiger partial charge in [-0.2, -0.15) is 5.26 Å². The minimum atomic E-state index is -0.274.